The van der Waals surface area contributed by atoms with Crippen LogP contribution in [0.4, 0.5) is 10.1 Å². The predicted molar refractivity (Wildman–Crippen MR) is 127 cm³/mol. The monoisotopic (exact) mass is 455 g/mol. The Labute approximate surface area is 192 Å². The van der Waals surface area contributed by atoms with Crippen LogP contribution < -0.4 is 10.6 Å². The van der Waals surface area contributed by atoms with E-state index < -0.39 is 11.7 Å². The zero-order valence-electron chi connectivity index (χ0n) is 18.9. The van der Waals surface area contributed by atoms with Gasteiger partial charge < -0.3 is 5.32 Å². The molecule has 0 atom stereocenters. The molecule has 8 heteroatoms. The van der Waals surface area contributed by atoms with Gasteiger partial charge in [-0.2, -0.15) is 5.10 Å². The van der Waals surface area contributed by atoms with Crippen LogP contribution in [0.3, 0.4) is 0 Å². The van der Waals surface area contributed by atoms with Crippen molar-refractivity contribution in [1.82, 2.24) is 15.1 Å². The number of halogens is 2. The molecule has 0 aliphatic heterocycles. The normalized spacial score (nSPS) is 11.5. The van der Waals surface area contributed by atoms with Crippen molar-refractivity contribution >= 4 is 29.2 Å². The van der Waals surface area contributed by atoms with Gasteiger partial charge in [-0.3, -0.25) is 19.8 Å². The lowest BCUT2D eigenvalue weighted by Crippen LogP contribution is -2.36. The number of hydrogen-bond acceptors (Lipinski definition) is 3. The summed E-state index contributed by atoms with van der Waals surface area (Å²) in [7, 11) is 1.91. The van der Waals surface area contributed by atoms with Gasteiger partial charge in [0, 0.05) is 35.6 Å². The third kappa shape index (κ3) is 5.53. The van der Waals surface area contributed by atoms with E-state index in [0.29, 0.717) is 23.6 Å². The summed E-state index contributed by atoms with van der Waals surface area (Å²) in [5, 5.41) is 11.0. The molecule has 6 nitrogen and oxygen atoms in total. The molecule has 168 valence electrons. The maximum atomic E-state index is 13.9. The lowest BCUT2D eigenvalue weighted by molar-refractivity contribution is 0.0976. The number of guanidine groups is 1. The molecule has 0 bridgehead atoms. The molecule has 0 saturated heterocycles. The van der Waals surface area contributed by atoms with Crippen molar-refractivity contribution in [3.8, 4) is 0 Å². The number of amides is 1. The van der Waals surface area contributed by atoms with E-state index in [1.165, 1.54) is 6.07 Å². The Kier molecular flexibility index (Phi) is 7.30. The Morgan fingerprint density at radius 2 is 1.88 bits per heavy atom. The van der Waals surface area contributed by atoms with E-state index in [-0.39, 0.29) is 11.5 Å². The number of aryl methyl sites for hydroxylation is 4. The Hall–Kier alpha value is -3.19. The third-order valence-corrected chi connectivity index (χ3v) is 5.63. The molecule has 1 heterocycles. The summed E-state index contributed by atoms with van der Waals surface area (Å²) in [5.74, 6) is -0.601. The number of benzene rings is 2. The molecule has 2 aromatic carbocycles. The maximum Gasteiger partial charge on any atom is 0.258 e. The van der Waals surface area contributed by atoms with E-state index in [1.54, 1.807) is 25.1 Å². The number of carbonyl (C=O) groups is 1. The molecule has 32 heavy (non-hydrogen) atoms. The Morgan fingerprint density at radius 3 is 2.50 bits per heavy atom. The molecule has 0 aliphatic carbocycles. The first-order valence-electron chi connectivity index (χ1n) is 10.3. The van der Waals surface area contributed by atoms with E-state index in [1.807, 2.05) is 44.6 Å². The zero-order valence-corrected chi connectivity index (χ0v) is 19.6. The number of carbonyl (C=O) groups excluding carboxylic acids is 1. The molecular weight excluding hydrogens is 429 g/mol. The van der Waals surface area contributed by atoms with Crippen molar-refractivity contribution in [2.24, 2.45) is 12.0 Å². The van der Waals surface area contributed by atoms with Gasteiger partial charge in [0.1, 0.15) is 5.82 Å². The minimum atomic E-state index is -0.449. The fraction of sp³-hybridized carbons (Fsp3) is 0.292. The molecule has 0 saturated carbocycles. The van der Waals surface area contributed by atoms with Crippen molar-refractivity contribution < 1.29 is 9.18 Å². The molecule has 1 amide bonds. The third-order valence-electron chi connectivity index (χ3n) is 5.40. The molecule has 3 aromatic rings. The first kappa shape index (κ1) is 23.5. The summed E-state index contributed by atoms with van der Waals surface area (Å²) in [4.78, 5) is 17.3. The number of aromatic nitrogens is 2. The highest BCUT2D eigenvalue weighted by Gasteiger charge is 2.13. The largest absolute Gasteiger partial charge is 0.326 e. The highest BCUT2D eigenvalue weighted by Crippen LogP contribution is 2.20. The fourth-order valence-corrected chi connectivity index (χ4v) is 3.60. The summed E-state index contributed by atoms with van der Waals surface area (Å²) in [6.45, 7) is 7.98. The van der Waals surface area contributed by atoms with Gasteiger partial charge in [-0.15, -0.1) is 0 Å². The summed E-state index contributed by atoms with van der Waals surface area (Å²) in [6.07, 6.45) is 0.672. The van der Waals surface area contributed by atoms with Gasteiger partial charge in [0.25, 0.3) is 5.91 Å². The SMILES string of the molecule is Cc1ccc(C(=O)NC(=NCCc2c(C)nn(C)c2C)Nc2ccc(Cl)cc2C)cc1F. The van der Waals surface area contributed by atoms with E-state index in [9.17, 15) is 9.18 Å². The molecule has 0 spiro atoms. The van der Waals surface area contributed by atoms with Crippen LogP contribution in [-0.4, -0.2) is 28.2 Å². The first-order valence-corrected chi connectivity index (χ1v) is 10.7. The number of rotatable bonds is 5. The number of anilines is 1. The smallest absolute Gasteiger partial charge is 0.258 e. The van der Waals surface area contributed by atoms with Crippen LogP contribution in [0.5, 0.6) is 0 Å². The lowest BCUT2D eigenvalue weighted by Gasteiger charge is -2.14. The van der Waals surface area contributed by atoms with Crippen LogP contribution in [-0.2, 0) is 13.5 Å². The van der Waals surface area contributed by atoms with Crippen molar-refractivity contribution in [3.05, 3.63) is 80.9 Å². The van der Waals surface area contributed by atoms with Gasteiger partial charge in [0.2, 0.25) is 5.96 Å². The van der Waals surface area contributed by atoms with E-state index in [4.69, 9.17) is 11.6 Å². The second-order valence-electron chi connectivity index (χ2n) is 7.76. The minimum Gasteiger partial charge on any atom is -0.326 e. The Bertz CT molecular complexity index is 1190. The average molecular weight is 456 g/mol. The molecule has 3 rings (SSSR count). The van der Waals surface area contributed by atoms with Crippen molar-refractivity contribution in [2.75, 3.05) is 11.9 Å². The molecule has 0 unspecified atom stereocenters. The standard InChI is InChI=1S/C24H27ClFN5O/c1-14-6-7-18(13-21(14)26)23(32)29-24(28-22-9-8-19(25)12-15(22)2)27-11-10-20-16(3)30-31(5)17(20)4/h6-9,12-13H,10-11H2,1-5H3,(H2,27,28,29,32). The molecule has 0 fully saturated rings. The minimum absolute atomic E-state index is 0.217. The van der Waals surface area contributed by atoms with Crippen molar-refractivity contribution in [3.63, 3.8) is 0 Å². The Morgan fingerprint density at radius 1 is 1.12 bits per heavy atom. The van der Waals surface area contributed by atoms with Crippen LogP contribution in [0.25, 0.3) is 0 Å². The molecule has 2 N–H and O–H groups in total. The molecule has 0 radical (unpaired) electrons. The van der Waals surface area contributed by atoms with Gasteiger partial charge in [-0.25, -0.2) is 4.39 Å². The number of nitrogens with one attached hydrogen (secondary N) is 2. The first-order chi connectivity index (χ1) is 15.2. The number of hydrogen-bond donors (Lipinski definition) is 2. The average Bonchev–Trinajstić information content (AvgIpc) is 2.97. The second kappa shape index (κ2) is 9.96. The van der Waals surface area contributed by atoms with Gasteiger partial charge >= 0.3 is 0 Å². The summed E-state index contributed by atoms with van der Waals surface area (Å²) in [6, 6.07) is 9.78. The van der Waals surface area contributed by atoms with E-state index in [2.05, 4.69) is 20.7 Å². The van der Waals surface area contributed by atoms with Crippen LogP contribution in [0.1, 0.15) is 38.4 Å². The summed E-state index contributed by atoms with van der Waals surface area (Å²) >= 11 is 6.06. The quantitative estimate of drug-likeness (QED) is 0.425. The molecule has 1 aromatic heterocycles. The Balaban J connectivity index is 1.83. The highest BCUT2D eigenvalue weighted by atomic mass is 35.5. The van der Waals surface area contributed by atoms with Crippen LogP contribution in [0.15, 0.2) is 41.4 Å². The summed E-state index contributed by atoms with van der Waals surface area (Å²) < 4.78 is 15.8. The highest BCUT2D eigenvalue weighted by molar-refractivity contribution is 6.30. The van der Waals surface area contributed by atoms with Gasteiger partial charge in [-0.05, 0) is 81.1 Å². The summed E-state index contributed by atoms with van der Waals surface area (Å²) in [5.41, 5.74) is 5.53. The zero-order chi connectivity index (χ0) is 23.4. The van der Waals surface area contributed by atoms with Gasteiger partial charge in [0.15, 0.2) is 0 Å². The van der Waals surface area contributed by atoms with Crippen LogP contribution in [0.2, 0.25) is 5.02 Å². The lowest BCUT2D eigenvalue weighted by atomic mass is 10.1. The van der Waals surface area contributed by atoms with Crippen LogP contribution >= 0.6 is 11.6 Å². The topological polar surface area (TPSA) is 71.3 Å². The second-order valence-corrected chi connectivity index (χ2v) is 8.19. The van der Waals surface area contributed by atoms with Gasteiger partial charge in [-0.1, -0.05) is 17.7 Å². The van der Waals surface area contributed by atoms with Crippen molar-refractivity contribution in [2.45, 2.75) is 34.1 Å². The van der Waals surface area contributed by atoms with Crippen molar-refractivity contribution in [1.29, 1.82) is 0 Å². The number of aliphatic imine (C=N–C) groups is 1. The molecule has 0 aliphatic rings. The van der Waals surface area contributed by atoms with E-state index in [0.717, 1.165) is 28.2 Å². The van der Waals surface area contributed by atoms with Crippen LogP contribution in [0, 0.1) is 33.5 Å². The van der Waals surface area contributed by atoms with Gasteiger partial charge in [0.05, 0.1) is 5.69 Å². The fourth-order valence-electron chi connectivity index (χ4n) is 3.38. The predicted octanol–water partition coefficient (Wildman–Crippen LogP) is 4.89. The number of nitrogens with zero attached hydrogens (tertiary/aromatic N) is 3. The maximum absolute atomic E-state index is 13.9. The van der Waals surface area contributed by atoms with E-state index >= 15 is 0 Å². The molecular formula is C24H27ClFN5O.